The highest BCUT2D eigenvalue weighted by Gasteiger charge is 2.15. The summed E-state index contributed by atoms with van der Waals surface area (Å²) in [7, 11) is 3.56. The van der Waals surface area contributed by atoms with Crippen molar-refractivity contribution in [2.75, 3.05) is 7.05 Å². The second-order valence-corrected chi connectivity index (χ2v) is 4.24. The summed E-state index contributed by atoms with van der Waals surface area (Å²) in [4.78, 5) is 13.7. The molecule has 0 radical (unpaired) electrons. The van der Waals surface area contributed by atoms with E-state index in [-0.39, 0.29) is 5.91 Å². The lowest BCUT2D eigenvalue weighted by Crippen LogP contribution is -2.26. The maximum atomic E-state index is 12.1. The van der Waals surface area contributed by atoms with Gasteiger partial charge in [0.25, 0.3) is 5.91 Å². The van der Waals surface area contributed by atoms with E-state index in [9.17, 15) is 4.79 Å². The molecule has 6 heteroatoms. The van der Waals surface area contributed by atoms with E-state index in [1.807, 2.05) is 17.8 Å². The first kappa shape index (κ1) is 12.3. The standard InChI is InChI=1S/C12H17N5O/c1-4-17-9-10(7-13-17)8-15(2)12(18)11-5-6-16(3)14-11/h5-7,9H,4,8H2,1-3H3. The van der Waals surface area contributed by atoms with Crippen LogP contribution in [0, 0.1) is 0 Å². The zero-order valence-corrected chi connectivity index (χ0v) is 10.9. The molecule has 0 aliphatic rings. The van der Waals surface area contributed by atoms with E-state index < -0.39 is 0 Å². The van der Waals surface area contributed by atoms with Crippen molar-refractivity contribution >= 4 is 5.91 Å². The third-order valence-electron chi connectivity index (χ3n) is 2.71. The van der Waals surface area contributed by atoms with Crippen molar-refractivity contribution in [1.29, 1.82) is 0 Å². The van der Waals surface area contributed by atoms with Crippen LogP contribution >= 0.6 is 0 Å². The normalized spacial score (nSPS) is 10.6. The van der Waals surface area contributed by atoms with Gasteiger partial charge in [0.05, 0.1) is 6.20 Å². The van der Waals surface area contributed by atoms with Gasteiger partial charge in [-0.25, -0.2) is 0 Å². The number of aromatic nitrogens is 4. The zero-order valence-electron chi connectivity index (χ0n) is 10.9. The molecule has 0 atom stereocenters. The van der Waals surface area contributed by atoms with Crippen LogP contribution in [-0.4, -0.2) is 37.4 Å². The lowest BCUT2D eigenvalue weighted by molar-refractivity contribution is 0.0778. The summed E-state index contributed by atoms with van der Waals surface area (Å²) in [6, 6.07) is 1.72. The number of carbonyl (C=O) groups is 1. The molecule has 0 N–H and O–H groups in total. The zero-order chi connectivity index (χ0) is 13.1. The molecule has 2 rings (SSSR count). The van der Waals surface area contributed by atoms with E-state index in [1.165, 1.54) is 0 Å². The van der Waals surface area contributed by atoms with Crippen molar-refractivity contribution < 1.29 is 4.79 Å². The average Bonchev–Trinajstić information content (AvgIpc) is 2.97. The molecule has 0 aliphatic carbocycles. The van der Waals surface area contributed by atoms with E-state index in [1.54, 1.807) is 42.1 Å². The number of aryl methyl sites for hydroxylation is 2. The van der Waals surface area contributed by atoms with Crippen molar-refractivity contribution in [3.63, 3.8) is 0 Å². The molecule has 0 unspecified atom stereocenters. The molecular weight excluding hydrogens is 230 g/mol. The van der Waals surface area contributed by atoms with E-state index in [4.69, 9.17) is 0 Å². The van der Waals surface area contributed by atoms with Gasteiger partial charge < -0.3 is 4.90 Å². The van der Waals surface area contributed by atoms with Gasteiger partial charge in [-0.2, -0.15) is 10.2 Å². The van der Waals surface area contributed by atoms with Crippen LogP contribution in [0.15, 0.2) is 24.7 Å². The molecule has 0 saturated carbocycles. The Kier molecular flexibility index (Phi) is 3.45. The van der Waals surface area contributed by atoms with Crippen molar-refractivity contribution in [2.45, 2.75) is 20.0 Å². The molecule has 1 amide bonds. The summed E-state index contributed by atoms with van der Waals surface area (Å²) in [5, 5.41) is 8.28. The Hall–Kier alpha value is -2.11. The fraction of sp³-hybridized carbons (Fsp3) is 0.417. The number of nitrogens with zero attached hydrogens (tertiary/aromatic N) is 5. The molecule has 0 bridgehead atoms. The summed E-state index contributed by atoms with van der Waals surface area (Å²) in [6.07, 6.45) is 5.49. The molecule has 2 aromatic rings. The lowest BCUT2D eigenvalue weighted by atomic mass is 10.3. The highest BCUT2D eigenvalue weighted by atomic mass is 16.2. The SMILES string of the molecule is CCn1cc(CN(C)C(=O)c2ccn(C)n2)cn1. The van der Waals surface area contributed by atoms with Gasteiger partial charge in [0, 0.05) is 45.1 Å². The van der Waals surface area contributed by atoms with Gasteiger partial charge in [0.2, 0.25) is 0 Å². The molecule has 0 aliphatic heterocycles. The van der Waals surface area contributed by atoms with E-state index in [0.717, 1.165) is 12.1 Å². The molecule has 0 fully saturated rings. The second kappa shape index (κ2) is 5.03. The van der Waals surface area contributed by atoms with E-state index in [0.29, 0.717) is 12.2 Å². The van der Waals surface area contributed by atoms with Gasteiger partial charge >= 0.3 is 0 Å². The van der Waals surface area contributed by atoms with Gasteiger partial charge in [0.15, 0.2) is 0 Å². The Labute approximate surface area is 106 Å². The molecule has 0 aromatic carbocycles. The number of hydrogen-bond donors (Lipinski definition) is 0. The Bertz CT molecular complexity index is 542. The summed E-state index contributed by atoms with van der Waals surface area (Å²) < 4.78 is 3.46. The monoisotopic (exact) mass is 247 g/mol. The van der Waals surface area contributed by atoms with Crippen LogP contribution in [0.2, 0.25) is 0 Å². The minimum absolute atomic E-state index is 0.0835. The Morgan fingerprint density at radius 1 is 1.50 bits per heavy atom. The average molecular weight is 247 g/mol. The smallest absolute Gasteiger partial charge is 0.274 e. The predicted octanol–water partition coefficient (Wildman–Crippen LogP) is 0.909. The minimum atomic E-state index is -0.0835. The molecule has 0 saturated heterocycles. The topological polar surface area (TPSA) is 56.0 Å². The molecule has 18 heavy (non-hydrogen) atoms. The van der Waals surface area contributed by atoms with Gasteiger partial charge in [-0.3, -0.25) is 14.2 Å². The fourth-order valence-corrected chi connectivity index (χ4v) is 1.73. The highest BCUT2D eigenvalue weighted by molar-refractivity contribution is 5.91. The van der Waals surface area contributed by atoms with Gasteiger partial charge in [0.1, 0.15) is 5.69 Å². The van der Waals surface area contributed by atoms with Gasteiger partial charge in [-0.05, 0) is 13.0 Å². The highest BCUT2D eigenvalue weighted by Crippen LogP contribution is 2.06. The van der Waals surface area contributed by atoms with Crippen molar-refractivity contribution in [1.82, 2.24) is 24.5 Å². The van der Waals surface area contributed by atoms with Crippen LogP contribution in [-0.2, 0) is 20.1 Å². The molecule has 0 spiro atoms. The largest absolute Gasteiger partial charge is 0.336 e. The summed E-state index contributed by atoms with van der Waals surface area (Å²) in [5.41, 5.74) is 1.48. The second-order valence-electron chi connectivity index (χ2n) is 4.24. The fourth-order valence-electron chi connectivity index (χ4n) is 1.73. The third kappa shape index (κ3) is 2.58. The van der Waals surface area contributed by atoms with E-state index >= 15 is 0 Å². The summed E-state index contributed by atoms with van der Waals surface area (Å²) in [5.74, 6) is -0.0835. The van der Waals surface area contributed by atoms with Crippen molar-refractivity contribution in [2.24, 2.45) is 7.05 Å². The van der Waals surface area contributed by atoms with Crippen LogP contribution in [0.4, 0.5) is 0 Å². The third-order valence-corrected chi connectivity index (χ3v) is 2.71. The molecular formula is C12H17N5O. The quantitative estimate of drug-likeness (QED) is 0.807. The minimum Gasteiger partial charge on any atom is -0.336 e. The van der Waals surface area contributed by atoms with Crippen LogP contribution in [0.5, 0.6) is 0 Å². The molecule has 96 valence electrons. The number of amides is 1. The lowest BCUT2D eigenvalue weighted by Gasteiger charge is -2.14. The van der Waals surface area contributed by atoms with Crippen molar-refractivity contribution in [3.05, 3.63) is 35.9 Å². The Morgan fingerprint density at radius 2 is 2.28 bits per heavy atom. The first-order valence-corrected chi connectivity index (χ1v) is 5.86. The Balaban J connectivity index is 2.03. The number of rotatable bonds is 4. The van der Waals surface area contributed by atoms with Crippen LogP contribution < -0.4 is 0 Å². The maximum absolute atomic E-state index is 12.1. The van der Waals surface area contributed by atoms with Crippen LogP contribution in [0.25, 0.3) is 0 Å². The first-order valence-electron chi connectivity index (χ1n) is 5.86. The first-order chi connectivity index (χ1) is 8.60. The molecule has 6 nitrogen and oxygen atoms in total. The van der Waals surface area contributed by atoms with E-state index in [2.05, 4.69) is 10.2 Å². The predicted molar refractivity (Wildman–Crippen MR) is 66.9 cm³/mol. The van der Waals surface area contributed by atoms with Gasteiger partial charge in [-0.15, -0.1) is 0 Å². The number of hydrogen-bond acceptors (Lipinski definition) is 3. The van der Waals surface area contributed by atoms with Gasteiger partial charge in [-0.1, -0.05) is 0 Å². The summed E-state index contributed by atoms with van der Waals surface area (Å²) >= 11 is 0. The Morgan fingerprint density at radius 3 is 2.83 bits per heavy atom. The van der Waals surface area contributed by atoms with Crippen LogP contribution in [0.1, 0.15) is 23.0 Å². The molecule has 2 heterocycles. The summed E-state index contributed by atoms with van der Waals surface area (Å²) in [6.45, 7) is 3.40. The number of carbonyl (C=O) groups excluding carboxylic acids is 1. The van der Waals surface area contributed by atoms with Crippen molar-refractivity contribution in [3.8, 4) is 0 Å². The molecule has 2 aromatic heterocycles. The van der Waals surface area contributed by atoms with Crippen LogP contribution in [0.3, 0.4) is 0 Å². The maximum Gasteiger partial charge on any atom is 0.274 e.